The van der Waals surface area contributed by atoms with Gasteiger partial charge in [0.2, 0.25) is 11.8 Å². The van der Waals surface area contributed by atoms with Crippen LogP contribution in [0.1, 0.15) is 32.6 Å². The third kappa shape index (κ3) is 5.59. The van der Waals surface area contributed by atoms with Crippen molar-refractivity contribution in [3.05, 3.63) is 23.2 Å². The molecule has 110 valence electrons. The van der Waals surface area contributed by atoms with Crippen LogP contribution >= 0.6 is 11.6 Å². The van der Waals surface area contributed by atoms with Crippen LogP contribution in [-0.2, 0) is 9.59 Å². The van der Waals surface area contributed by atoms with Crippen molar-refractivity contribution in [2.75, 3.05) is 17.2 Å². The second-order valence-electron chi connectivity index (χ2n) is 4.39. The number of carbonyl (C=O) groups excluding carboxylic acids is 2. The Morgan fingerprint density at radius 2 is 1.95 bits per heavy atom. The van der Waals surface area contributed by atoms with Crippen LogP contribution < -0.4 is 16.4 Å². The molecule has 0 aliphatic heterocycles. The van der Waals surface area contributed by atoms with Gasteiger partial charge in [-0.3, -0.25) is 9.59 Å². The molecule has 0 fully saturated rings. The SMILES string of the molecule is CCC(=O)Nc1ccc(Cl)c(NC(=O)CCCCN)c1. The van der Waals surface area contributed by atoms with Gasteiger partial charge in [-0.15, -0.1) is 0 Å². The monoisotopic (exact) mass is 297 g/mol. The molecule has 0 atom stereocenters. The fraction of sp³-hybridized carbons (Fsp3) is 0.429. The summed E-state index contributed by atoms with van der Waals surface area (Å²) in [6.07, 6.45) is 2.35. The van der Waals surface area contributed by atoms with Gasteiger partial charge in [0, 0.05) is 18.5 Å². The lowest BCUT2D eigenvalue weighted by molar-refractivity contribution is -0.116. The minimum atomic E-state index is -0.112. The first-order valence-corrected chi connectivity index (χ1v) is 7.04. The number of rotatable bonds is 7. The van der Waals surface area contributed by atoms with Gasteiger partial charge in [-0.25, -0.2) is 0 Å². The number of amides is 2. The Morgan fingerprint density at radius 1 is 1.20 bits per heavy atom. The largest absolute Gasteiger partial charge is 0.330 e. The molecule has 4 N–H and O–H groups in total. The van der Waals surface area contributed by atoms with Crippen molar-refractivity contribution in [3.8, 4) is 0 Å². The summed E-state index contributed by atoms with van der Waals surface area (Å²) in [7, 11) is 0. The standard InChI is InChI=1S/C14H20ClN3O2/c1-2-13(19)17-10-6-7-11(15)12(9-10)18-14(20)5-3-4-8-16/h6-7,9H,2-5,8,16H2,1H3,(H,17,19)(H,18,20). The molecule has 1 rings (SSSR count). The maximum Gasteiger partial charge on any atom is 0.224 e. The lowest BCUT2D eigenvalue weighted by atomic mass is 10.2. The van der Waals surface area contributed by atoms with Gasteiger partial charge < -0.3 is 16.4 Å². The van der Waals surface area contributed by atoms with E-state index in [1.54, 1.807) is 25.1 Å². The summed E-state index contributed by atoms with van der Waals surface area (Å²) in [5.74, 6) is -0.202. The van der Waals surface area contributed by atoms with E-state index in [-0.39, 0.29) is 11.8 Å². The fourth-order valence-corrected chi connectivity index (χ4v) is 1.76. The van der Waals surface area contributed by atoms with Crippen molar-refractivity contribution in [1.29, 1.82) is 0 Å². The Labute approximate surface area is 123 Å². The normalized spacial score (nSPS) is 10.2. The van der Waals surface area contributed by atoms with E-state index in [9.17, 15) is 9.59 Å². The molecule has 0 unspecified atom stereocenters. The van der Waals surface area contributed by atoms with E-state index in [2.05, 4.69) is 10.6 Å². The Morgan fingerprint density at radius 3 is 2.60 bits per heavy atom. The number of halogens is 1. The first-order valence-electron chi connectivity index (χ1n) is 6.66. The van der Waals surface area contributed by atoms with E-state index in [1.807, 2.05) is 0 Å². The summed E-state index contributed by atoms with van der Waals surface area (Å²) in [6.45, 7) is 2.35. The highest BCUT2D eigenvalue weighted by atomic mass is 35.5. The minimum Gasteiger partial charge on any atom is -0.330 e. The van der Waals surface area contributed by atoms with Crippen LogP contribution in [0.5, 0.6) is 0 Å². The maximum absolute atomic E-state index is 11.7. The van der Waals surface area contributed by atoms with Crippen molar-refractivity contribution >= 4 is 34.8 Å². The highest BCUT2D eigenvalue weighted by molar-refractivity contribution is 6.33. The first-order chi connectivity index (χ1) is 9.56. The van der Waals surface area contributed by atoms with E-state index in [0.29, 0.717) is 35.8 Å². The summed E-state index contributed by atoms with van der Waals surface area (Å²) in [5.41, 5.74) is 6.49. The summed E-state index contributed by atoms with van der Waals surface area (Å²) in [4.78, 5) is 23.1. The Kier molecular flexibility index (Phi) is 7.04. The molecule has 1 aromatic rings. The predicted octanol–water partition coefficient (Wildman–Crippen LogP) is 2.76. The van der Waals surface area contributed by atoms with E-state index >= 15 is 0 Å². The Bertz CT molecular complexity index is 477. The number of hydrogen-bond acceptors (Lipinski definition) is 3. The summed E-state index contributed by atoms with van der Waals surface area (Å²) >= 11 is 6.02. The summed E-state index contributed by atoms with van der Waals surface area (Å²) < 4.78 is 0. The second kappa shape index (κ2) is 8.55. The maximum atomic E-state index is 11.7. The molecule has 20 heavy (non-hydrogen) atoms. The van der Waals surface area contributed by atoms with E-state index < -0.39 is 0 Å². The van der Waals surface area contributed by atoms with E-state index in [1.165, 1.54) is 0 Å². The molecule has 0 aliphatic carbocycles. The molecule has 2 amide bonds. The van der Waals surface area contributed by atoms with Gasteiger partial charge in [-0.2, -0.15) is 0 Å². The number of anilines is 2. The van der Waals surface area contributed by atoms with Crippen LogP contribution in [-0.4, -0.2) is 18.4 Å². The quantitative estimate of drug-likeness (QED) is 0.677. The molecule has 0 bridgehead atoms. The third-order valence-electron chi connectivity index (χ3n) is 2.70. The topological polar surface area (TPSA) is 84.2 Å². The zero-order chi connectivity index (χ0) is 15.0. The molecule has 0 saturated carbocycles. The number of nitrogens with two attached hydrogens (primary N) is 1. The molecule has 0 spiro atoms. The number of benzene rings is 1. The van der Waals surface area contributed by atoms with Crippen molar-refractivity contribution in [2.24, 2.45) is 5.73 Å². The second-order valence-corrected chi connectivity index (χ2v) is 4.80. The van der Waals surface area contributed by atoms with Crippen LogP contribution in [0.2, 0.25) is 5.02 Å². The fourth-order valence-electron chi connectivity index (χ4n) is 1.59. The molecule has 5 nitrogen and oxygen atoms in total. The van der Waals surface area contributed by atoms with Gasteiger partial charge in [0.15, 0.2) is 0 Å². The smallest absolute Gasteiger partial charge is 0.224 e. The Balaban J connectivity index is 2.66. The molecular formula is C14H20ClN3O2. The molecular weight excluding hydrogens is 278 g/mol. The van der Waals surface area contributed by atoms with Crippen molar-refractivity contribution in [3.63, 3.8) is 0 Å². The van der Waals surface area contributed by atoms with Gasteiger partial charge in [0.25, 0.3) is 0 Å². The lowest BCUT2D eigenvalue weighted by Gasteiger charge is -2.10. The predicted molar refractivity (Wildman–Crippen MR) is 81.9 cm³/mol. The van der Waals surface area contributed by atoms with Crippen LogP contribution in [0.3, 0.4) is 0 Å². The highest BCUT2D eigenvalue weighted by Crippen LogP contribution is 2.25. The van der Waals surface area contributed by atoms with E-state index in [0.717, 1.165) is 12.8 Å². The zero-order valence-electron chi connectivity index (χ0n) is 11.5. The van der Waals surface area contributed by atoms with Crippen LogP contribution in [0.15, 0.2) is 18.2 Å². The number of hydrogen-bond donors (Lipinski definition) is 3. The van der Waals surface area contributed by atoms with Crippen molar-refractivity contribution in [1.82, 2.24) is 0 Å². The van der Waals surface area contributed by atoms with Crippen LogP contribution in [0.4, 0.5) is 11.4 Å². The van der Waals surface area contributed by atoms with Crippen LogP contribution in [0, 0.1) is 0 Å². The number of carbonyl (C=O) groups is 2. The number of unbranched alkanes of at least 4 members (excludes halogenated alkanes) is 1. The molecule has 0 radical (unpaired) electrons. The van der Waals surface area contributed by atoms with Gasteiger partial charge in [0.1, 0.15) is 0 Å². The molecule has 1 aromatic carbocycles. The minimum absolute atomic E-state index is 0.0902. The first kappa shape index (κ1) is 16.5. The van der Waals surface area contributed by atoms with Crippen LogP contribution in [0.25, 0.3) is 0 Å². The lowest BCUT2D eigenvalue weighted by Crippen LogP contribution is -2.13. The van der Waals surface area contributed by atoms with Gasteiger partial charge in [0.05, 0.1) is 10.7 Å². The summed E-state index contributed by atoms with van der Waals surface area (Å²) in [5, 5.41) is 5.89. The summed E-state index contributed by atoms with van der Waals surface area (Å²) in [6, 6.07) is 4.99. The molecule has 0 aromatic heterocycles. The van der Waals surface area contributed by atoms with Crippen molar-refractivity contribution < 1.29 is 9.59 Å². The van der Waals surface area contributed by atoms with Crippen molar-refractivity contribution in [2.45, 2.75) is 32.6 Å². The van der Waals surface area contributed by atoms with Gasteiger partial charge in [-0.1, -0.05) is 18.5 Å². The average molecular weight is 298 g/mol. The highest BCUT2D eigenvalue weighted by Gasteiger charge is 2.08. The van der Waals surface area contributed by atoms with E-state index in [4.69, 9.17) is 17.3 Å². The molecule has 0 saturated heterocycles. The Hall–Kier alpha value is -1.59. The zero-order valence-corrected chi connectivity index (χ0v) is 12.3. The molecule has 0 heterocycles. The third-order valence-corrected chi connectivity index (χ3v) is 3.03. The van der Waals surface area contributed by atoms with Gasteiger partial charge >= 0.3 is 0 Å². The average Bonchev–Trinajstić information content (AvgIpc) is 2.42. The molecule has 6 heteroatoms. The number of nitrogens with one attached hydrogen (secondary N) is 2. The molecule has 0 aliphatic rings. The van der Waals surface area contributed by atoms with Gasteiger partial charge in [-0.05, 0) is 37.6 Å².